The van der Waals surface area contributed by atoms with Crippen molar-refractivity contribution in [3.63, 3.8) is 0 Å². The Labute approximate surface area is 137 Å². The topological polar surface area (TPSA) is 117 Å². The van der Waals surface area contributed by atoms with E-state index in [1.807, 2.05) is 0 Å². The van der Waals surface area contributed by atoms with Crippen LogP contribution in [0.2, 0.25) is 0 Å². The van der Waals surface area contributed by atoms with Gasteiger partial charge in [-0.2, -0.15) is 0 Å². The van der Waals surface area contributed by atoms with Gasteiger partial charge in [-0.1, -0.05) is 0 Å². The van der Waals surface area contributed by atoms with E-state index in [0.29, 0.717) is 18.5 Å². The van der Waals surface area contributed by atoms with Crippen molar-refractivity contribution in [3.05, 3.63) is 29.8 Å². The molecule has 1 fully saturated rings. The Kier molecular flexibility index (Phi) is 4.23. The summed E-state index contributed by atoms with van der Waals surface area (Å²) in [5.74, 6) is -0.651. The average Bonchev–Trinajstić information content (AvgIpc) is 3.16. The molecule has 0 atom stereocenters. The molecular weight excluding hydrogens is 314 g/mol. The van der Waals surface area contributed by atoms with Crippen LogP contribution < -0.4 is 15.5 Å². The number of amides is 3. The first-order valence-electron chi connectivity index (χ1n) is 7.36. The zero-order valence-electron chi connectivity index (χ0n) is 12.9. The number of aromatic nitrogens is 2. The van der Waals surface area contributed by atoms with Gasteiger partial charge < -0.3 is 15.5 Å². The fraction of sp³-hybridized carbons (Fsp3) is 0.267. The summed E-state index contributed by atoms with van der Waals surface area (Å²) in [6.45, 7) is 1.99. The van der Waals surface area contributed by atoms with E-state index < -0.39 is 5.91 Å². The minimum Gasteiger partial charge on any atom is -0.312 e. The molecule has 9 heteroatoms. The maximum Gasteiger partial charge on any atom is 0.257 e. The van der Waals surface area contributed by atoms with E-state index in [9.17, 15) is 14.4 Å². The van der Waals surface area contributed by atoms with E-state index in [2.05, 4.69) is 25.6 Å². The number of benzene rings is 1. The third-order valence-corrected chi connectivity index (χ3v) is 3.53. The number of carbonyl (C=O) groups excluding carboxylic acids is 3. The third kappa shape index (κ3) is 3.24. The highest BCUT2D eigenvalue weighted by molar-refractivity contribution is 6.06. The standard InChI is InChI=1S/C15H15N5O4/c1-9(21)16-13-14(19-24-18-13)17-15(23)10-4-6-11(7-5-10)20-8-2-3-12(20)22/h4-7H,2-3,8H2,1H3,(H,16,18,21)(H,17,19,23). The molecule has 1 aliphatic heterocycles. The molecule has 1 aromatic heterocycles. The Hall–Kier alpha value is -3.23. The van der Waals surface area contributed by atoms with Crippen molar-refractivity contribution in [2.45, 2.75) is 19.8 Å². The van der Waals surface area contributed by atoms with E-state index in [1.54, 1.807) is 29.2 Å². The van der Waals surface area contributed by atoms with Gasteiger partial charge >= 0.3 is 0 Å². The van der Waals surface area contributed by atoms with Gasteiger partial charge in [-0.15, -0.1) is 0 Å². The fourth-order valence-corrected chi connectivity index (χ4v) is 2.41. The molecule has 1 saturated heterocycles. The predicted molar refractivity (Wildman–Crippen MR) is 84.6 cm³/mol. The zero-order valence-corrected chi connectivity index (χ0v) is 12.9. The first-order chi connectivity index (χ1) is 11.5. The van der Waals surface area contributed by atoms with Crippen molar-refractivity contribution in [2.24, 2.45) is 0 Å². The maximum atomic E-state index is 12.2. The van der Waals surface area contributed by atoms with Crippen LogP contribution in [0.4, 0.5) is 17.3 Å². The van der Waals surface area contributed by atoms with Crippen molar-refractivity contribution >= 4 is 35.0 Å². The Bertz CT molecular complexity index is 783. The van der Waals surface area contributed by atoms with Gasteiger partial charge in [0.05, 0.1) is 0 Å². The van der Waals surface area contributed by atoms with Crippen LogP contribution in [-0.2, 0) is 9.59 Å². The lowest BCUT2D eigenvalue weighted by Gasteiger charge is -2.15. The number of carbonyl (C=O) groups is 3. The molecule has 1 aliphatic rings. The number of anilines is 3. The smallest absolute Gasteiger partial charge is 0.257 e. The Balaban J connectivity index is 1.70. The van der Waals surface area contributed by atoms with Gasteiger partial charge in [0.1, 0.15) is 0 Å². The molecule has 124 valence electrons. The highest BCUT2D eigenvalue weighted by Gasteiger charge is 2.22. The molecule has 2 heterocycles. The number of hydrogen-bond donors (Lipinski definition) is 2. The van der Waals surface area contributed by atoms with Crippen LogP contribution in [-0.4, -0.2) is 34.6 Å². The average molecular weight is 329 g/mol. The second-order valence-corrected chi connectivity index (χ2v) is 5.29. The summed E-state index contributed by atoms with van der Waals surface area (Å²) in [7, 11) is 0. The fourth-order valence-electron chi connectivity index (χ4n) is 2.41. The molecule has 9 nitrogen and oxygen atoms in total. The Morgan fingerprint density at radius 1 is 1.12 bits per heavy atom. The maximum absolute atomic E-state index is 12.2. The molecule has 2 N–H and O–H groups in total. The summed E-state index contributed by atoms with van der Waals surface area (Å²) in [6, 6.07) is 6.66. The SMILES string of the molecule is CC(=O)Nc1nonc1NC(=O)c1ccc(N2CCCC2=O)cc1. The summed E-state index contributed by atoms with van der Waals surface area (Å²) in [6.07, 6.45) is 1.39. The molecule has 0 spiro atoms. The molecule has 0 bridgehead atoms. The van der Waals surface area contributed by atoms with Crippen LogP contribution in [0, 0.1) is 0 Å². The van der Waals surface area contributed by atoms with Crippen LogP contribution in [0.15, 0.2) is 28.9 Å². The van der Waals surface area contributed by atoms with Gasteiger partial charge in [-0.05, 0) is 41.0 Å². The molecule has 2 aromatic rings. The number of nitrogens with zero attached hydrogens (tertiary/aromatic N) is 3. The molecule has 0 aliphatic carbocycles. The van der Waals surface area contributed by atoms with Crippen molar-refractivity contribution in [1.29, 1.82) is 0 Å². The van der Waals surface area contributed by atoms with E-state index in [4.69, 9.17) is 0 Å². The van der Waals surface area contributed by atoms with Crippen LogP contribution in [0.3, 0.4) is 0 Å². The van der Waals surface area contributed by atoms with Crippen molar-refractivity contribution in [2.75, 3.05) is 22.1 Å². The van der Waals surface area contributed by atoms with Gasteiger partial charge in [0, 0.05) is 31.1 Å². The summed E-state index contributed by atoms with van der Waals surface area (Å²) in [5.41, 5.74) is 1.14. The van der Waals surface area contributed by atoms with E-state index >= 15 is 0 Å². The highest BCUT2D eigenvalue weighted by atomic mass is 16.6. The molecule has 3 rings (SSSR count). The van der Waals surface area contributed by atoms with Gasteiger partial charge in [-0.3, -0.25) is 14.4 Å². The molecular formula is C15H15N5O4. The van der Waals surface area contributed by atoms with E-state index in [1.165, 1.54) is 6.92 Å². The third-order valence-electron chi connectivity index (χ3n) is 3.53. The van der Waals surface area contributed by atoms with Gasteiger partial charge in [0.2, 0.25) is 23.5 Å². The quantitative estimate of drug-likeness (QED) is 0.875. The lowest BCUT2D eigenvalue weighted by molar-refractivity contribution is -0.117. The van der Waals surface area contributed by atoms with Crippen molar-refractivity contribution in [3.8, 4) is 0 Å². The second-order valence-electron chi connectivity index (χ2n) is 5.29. The zero-order chi connectivity index (χ0) is 17.1. The highest BCUT2D eigenvalue weighted by Crippen LogP contribution is 2.22. The minimum absolute atomic E-state index is 0.0222. The molecule has 0 radical (unpaired) electrons. The number of nitrogens with one attached hydrogen (secondary N) is 2. The molecule has 24 heavy (non-hydrogen) atoms. The molecule has 0 saturated carbocycles. The van der Waals surface area contributed by atoms with Crippen molar-refractivity contribution in [1.82, 2.24) is 10.3 Å². The number of rotatable bonds is 4. The largest absolute Gasteiger partial charge is 0.312 e. The summed E-state index contributed by atoms with van der Waals surface area (Å²) in [5, 5.41) is 11.9. The normalized spacial score (nSPS) is 13.9. The first-order valence-corrected chi connectivity index (χ1v) is 7.36. The summed E-state index contributed by atoms with van der Waals surface area (Å²) in [4.78, 5) is 36.7. The minimum atomic E-state index is -0.434. The lowest BCUT2D eigenvalue weighted by Crippen LogP contribution is -2.23. The van der Waals surface area contributed by atoms with Crippen LogP contribution in [0.1, 0.15) is 30.1 Å². The van der Waals surface area contributed by atoms with Gasteiger partial charge in [0.25, 0.3) is 5.91 Å². The van der Waals surface area contributed by atoms with Crippen LogP contribution >= 0.6 is 0 Å². The first kappa shape index (κ1) is 15.7. The number of hydrogen-bond acceptors (Lipinski definition) is 6. The molecule has 3 amide bonds. The van der Waals surface area contributed by atoms with Crippen LogP contribution in [0.5, 0.6) is 0 Å². The van der Waals surface area contributed by atoms with E-state index in [-0.39, 0.29) is 23.5 Å². The van der Waals surface area contributed by atoms with Crippen molar-refractivity contribution < 1.29 is 19.0 Å². The molecule has 1 aromatic carbocycles. The summed E-state index contributed by atoms with van der Waals surface area (Å²) >= 11 is 0. The predicted octanol–water partition coefficient (Wildman–Crippen LogP) is 1.41. The lowest BCUT2D eigenvalue weighted by atomic mass is 10.2. The monoisotopic (exact) mass is 329 g/mol. The summed E-state index contributed by atoms with van der Waals surface area (Å²) < 4.78 is 4.51. The second kappa shape index (κ2) is 6.49. The van der Waals surface area contributed by atoms with Gasteiger partial charge in [0.15, 0.2) is 0 Å². The Morgan fingerprint density at radius 2 is 1.79 bits per heavy atom. The van der Waals surface area contributed by atoms with E-state index in [0.717, 1.165) is 12.1 Å². The molecule has 0 unspecified atom stereocenters. The van der Waals surface area contributed by atoms with Gasteiger partial charge in [-0.25, -0.2) is 4.63 Å². The Morgan fingerprint density at radius 3 is 2.38 bits per heavy atom. The van der Waals surface area contributed by atoms with Crippen LogP contribution in [0.25, 0.3) is 0 Å².